The number of aromatic nitrogens is 1. The molecule has 2 aromatic carbocycles. The van der Waals surface area contributed by atoms with E-state index in [1.54, 1.807) is 0 Å². The smallest absolute Gasteiger partial charge is 0.241 e. The molecule has 0 saturated carbocycles. The number of hydrogen-bond donors (Lipinski definition) is 3. The molecule has 4 nitrogen and oxygen atoms in total. The predicted molar refractivity (Wildman–Crippen MR) is 92.3 cm³/mol. The number of anilines is 1. The lowest BCUT2D eigenvalue weighted by molar-refractivity contribution is -0.117. The molecule has 1 atom stereocenters. The van der Waals surface area contributed by atoms with Gasteiger partial charge in [-0.2, -0.15) is 0 Å². The van der Waals surface area contributed by atoms with Gasteiger partial charge in [0.25, 0.3) is 0 Å². The molecule has 0 saturated heterocycles. The molecule has 0 spiro atoms. The summed E-state index contributed by atoms with van der Waals surface area (Å²) in [6.45, 7) is 0. The van der Waals surface area contributed by atoms with Crippen LogP contribution in [0.1, 0.15) is 5.56 Å². The normalized spacial score (nSPS) is 11.7. The van der Waals surface area contributed by atoms with E-state index in [9.17, 15) is 4.79 Å². The van der Waals surface area contributed by atoms with Crippen LogP contribution in [0, 0.1) is 0 Å². The molecule has 0 radical (unpaired) electrons. The Morgan fingerprint density at radius 3 is 2.55 bits per heavy atom. The van der Waals surface area contributed by atoms with Crippen LogP contribution in [-0.4, -0.2) is 16.9 Å². The van der Waals surface area contributed by atoms with Gasteiger partial charge in [0.1, 0.15) is 0 Å². The van der Waals surface area contributed by atoms with E-state index in [2.05, 4.69) is 10.3 Å². The molecule has 114 valence electrons. The maximum atomic E-state index is 12.1. The molecule has 0 bridgehead atoms. The van der Waals surface area contributed by atoms with E-state index in [4.69, 9.17) is 5.73 Å². The van der Waals surface area contributed by atoms with Crippen molar-refractivity contribution in [1.29, 1.82) is 0 Å². The zero-order valence-corrected chi connectivity index (χ0v) is 12.8. The van der Waals surface area contributed by atoms with Crippen LogP contribution < -0.4 is 11.1 Å². The van der Waals surface area contributed by atoms with Gasteiger partial charge in [0.2, 0.25) is 5.91 Å². The summed E-state index contributed by atoms with van der Waals surface area (Å²) in [5, 5.41) is 3.94. The molecule has 5 heteroatoms. The Balaban J connectivity index is 0.00000176. The number of carbonyl (C=O) groups is 1. The average molecular weight is 316 g/mol. The zero-order valence-electron chi connectivity index (χ0n) is 12.0. The minimum Gasteiger partial charge on any atom is -0.361 e. The minimum atomic E-state index is -0.579. The van der Waals surface area contributed by atoms with E-state index in [1.165, 1.54) is 0 Å². The quantitative estimate of drug-likeness (QED) is 0.692. The highest BCUT2D eigenvalue weighted by atomic mass is 35.5. The first-order valence-corrected chi connectivity index (χ1v) is 6.90. The number of hydrogen-bond acceptors (Lipinski definition) is 2. The van der Waals surface area contributed by atoms with Crippen LogP contribution in [-0.2, 0) is 11.2 Å². The Morgan fingerprint density at radius 1 is 1.09 bits per heavy atom. The number of para-hydroxylation sites is 2. The summed E-state index contributed by atoms with van der Waals surface area (Å²) < 4.78 is 0. The zero-order chi connectivity index (χ0) is 14.7. The molecule has 0 aliphatic heterocycles. The van der Waals surface area contributed by atoms with Crippen molar-refractivity contribution in [3.05, 3.63) is 66.4 Å². The molecule has 0 fully saturated rings. The molecule has 1 heterocycles. The number of rotatable bonds is 4. The summed E-state index contributed by atoms with van der Waals surface area (Å²) in [6, 6.07) is 16.8. The van der Waals surface area contributed by atoms with E-state index in [0.29, 0.717) is 6.42 Å². The number of benzene rings is 2. The molecule has 0 aliphatic rings. The van der Waals surface area contributed by atoms with Gasteiger partial charge < -0.3 is 16.0 Å². The predicted octanol–water partition coefficient (Wildman–Crippen LogP) is 3.10. The fourth-order valence-corrected chi connectivity index (χ4v) is 2.39. The number of nitrogens with two attached hydrogens (primary N) is 1. The Morgan fingerprint density at radius 2 is 1.77 bits per heavy atom. The van der Waals surface area contributed by atoms with E-state index in [-0.39, 0.29) is 18.3 Å². The third-order valence-corrected chi connectivity index (χ3v) is 3.49. The number of fused-ring (bicyclic) bond motifs is 1. The van der Waals surface area contributed by atoms with E-state index in [0.717, 1.165) is 22.2 Å². The van der Waals surface area contributed by atoms with Crippen molar-refractivity contribution >= 4 is 34.9 Å². The van der Waals surface area contributed by atoms with Gasteiger partial charge >= 0.3 is 0 Å². The van der Waals surface area contributed by atoms with Crippen molar-refractivity contribution < 1.29 is 4.79 Å². The standard InChI is InChI=1S/C17H17N3O.ClH/c18-15(17(21)20-13-6-2-1-3-7-13)10-12-11-19-16-9-5-4-8-14(12)16;/h1-9,11,15,19H,10,18H2,(H,20,21);1H. The highest BCUT2D eigenvalue weighted by molar-refractivity contribution is 5.95. The van der Waals surface area contributed by atoms with Crippen molar-refractivity contribution in [3.63, 3.8) is 0 Å². The summed E-state index contributed by atoms with van der Waals surface area (Å²) in [5.41, 5.74) is 8.90. The molecule has 1 aromatic heterocycles. The van der Waals surface area contributed by atoms with Gasteiger partial charge in [-0.3, -0.25) is 4.79 Å². The molecule has 3 rings (SSSR count). The summed E-state index contributed by atoms with van der Waals surface area (Å²) >= 11 is 0. The first-order valence-electron chi connectivity index (χ1n) is 6.90. The fourth-order valence-electron chi connectivity index (χ4n) is 2.39. The van der Waals surface area contributed by atoms with E-state index < -0.39 is 6.04 Å². The average Bonchev–Trinajstić information content (AvgIpc) is 2.91. The molecule has 1 amide bonds. The highest BCUT2D eigenvalue weighted by Gasteiger charge is 2.16. The number of halogens is 1. The minimum absolute atomic E-state index is 0. The third-order valence-electron chi connectivity index (χ3n) is 3.49. The van der Waals surface area contributed by atoms with Gasteiger partial charge in [-0.25, -0.2) is 0 Å². The van der Waals surface area contributed by atoms with Crippen LogP contribution in [0.4, 0.5) is 5.69 Å². The van der Waals surface area contributed by atoms with Crippen LogP contribution >= 0.6 is 12.4 Å². The number of amides is 1. The molecule has 3 aromatic rings. The molecular formula is C17H18ClN3O. The second kappa shape index (κ2) is 7.11. The van der Waals surface area contributed by atoms with Gasteiger partial charge in [0.15, 0.2) is 0 Å². The van der Waals surface area contributed by atoms with Crippen LogP contribution in [0.5, 0.6) is 0 Å². The summed E-state index contributed by atoms with van der Waals surface area (Å²) in [7, 11) is 0. The third kappa shape index (κ3) is 3.47. The number of nitrogens with one attached hydrogen (secondary N) is 2. The van der Waals surface area contributed by atoms with Gasteiger partial charge in [-0.05, 0) is 30.2 Å². The number of H-pyrrole nitrogens is 1. The van der Waals surface area contributed by atoms with Crippen molar-refractivity contribution in [2.45, 2.75) is 12.5 Å². The Kier molecular flexibility index (Phi) is 5.20. The maximum absolute atomic E-state index is 12.1. The lowest BCUT2D eigenvalue weighted by atomic mass is 10.1. The molecule has 1 unspecified atom stereocenters. The SMILES string of the molecule is Cl.NC(Cc1c[nH]c2ccccc12)C(=O)Nc1ccccc1. The topological polar surface area (TPSA) is 70.9 Å². The monoisotopic (exact) mass is 315 g/mol. The number of aromatic amines is 1. The molecule has 0 aliphatic carbocycles. The second-order valence-corrected chi connectivity index (χ2v) is 5.03. The van der Waals surface area contributed by atoms with Crippen LogP contribution in [0.25, 0.3) is 10.9 Å². The van der Waals surface area contributed by atoms with Gasteiger partial charge in [0.05, 0.1) is 6.04 Å². The summed E-state index contributed by atoms with van der Waals surface area (Å²) in [5.74, 6) is -0.175. The maximum Gasteiger partial charge on any atom is 0.241 e. The highest BCUT2D eigenvalue weighted by Crippen LogP contribution is 2.19. The van der Waals surface area contributed by atoms with E-state index >= 15 is 0 Å². The van der Waals surface area contributed by atoms with Crippen molar-refractivity contribution in [1.82, 2.24) is 4.98 Å². The first-order chi connectivity index (χ1) is 10.2. The number of carbonyl (C=O) groups excluding carboxylic acids is 1. The second-order valence-electron chi connectivity index (χ2n) is 5.03. The molecule has 4 N–H and O–H groups in total. The van der Waals surface area contributed by atoms with Gasteiger partial charge in [-0.15, -0.1) is 12.4 Å². The van der Waals surface area contributed by atoms with Crippen molar-refractivity contribution in [3.8, 4) is 0 Å². The summed E-state index contributed by atoms with van der Waals surface area (Å²) in [6.07, 6.45) is 2.42. The molecular weight excluding hydrogens is 298 g/mol. The Labute approximate surface area is 135 Å². The summed E-state index contributed by atoms with van der Waals surface area (Å²) in [4.78, 5) is 15.3. The van der Waals surface area contributed by atoms with Crippen LogP contribution in [0.15, 0.2) is 60.8 Å². The lowest BCUT2D eigenvalue weighted by Gasteiger charge is -2.11. The fraction of sp³-hybridized carbons (Fsp3) is 0.118. The van der Waals surface area contributed by atoms with Crippen molar-refractivity contribution in [2.24, 2.45) is 5.73 Å². The van der Waals surface area contributed by atoms with Crippen LogP contribution in [0.3, 0.4) is 0 Å². The largest absolute Gasteiger partial charge is 0.361 e. The van der Waals surface area contributed by atoms with Crippen molar-refractivity contribution in [2.75, 3.05) is 5.32 Å². The lowest BCUT2D eigenvalue weighted by Crippen LogP contribution is -2.37. The van der Waals surface area contributed by atoms with Gasteiger partial charge in [-0.1, -0.05) is 36.4 Å². The van der Waals surface area contributed by atoms with E-state index in [1.807, 2.05) is 60.8 Å². The van der Waals surface area contributed by atoms with Crippen LogP contribution in [0.2, 0.25) is 0 Å². The Bertz CT molecular complexity index is 755. The first kappa shape index (κ1) is 16.1. The molecule has 22 heavy (non-hydrogen) atoms. The Hall–Kier alpha value is -2.30. The van der Waals surface area contributed by atoms with Gasteiger partial charge in [0, 0.05) is 22.8 Å².